The van der Waals surface area contributed by atoms with Crippen LogP contribution >= 0.6 is 11.3 Å². The minimum Gasteiger partial charge on any atom is -0.336 e. The maximum atomic E-state index is 13.0. The summed E-state index contributed by atoms with van der Waals surface area (Å²) in [5.41, 5.74) is 4.29. The molecular weight excluding hydrogens is 364 g/mol. The summed E-state index contributed by atoms with van der Waals surface area (Å²) in [4.78, 5) is 20.3. The minimum absolute atomic E-state index is 0.0431. The molecule has 2 aromatic rings. The molecule has 2 rings (SSSR count). The van der Waals surface area contributed by atoms with E-state index < -0.39 is 0 Å². The third kappa shape index (κ3) is 6.16. The second-order valence-electron chi connectivity index (χ2n) is 8.05. The van der Waals surface area contributed by atoms with Crippen molar-refractivity contribution >= 4 is 23.5 Å². The number of thiophene rings is 1. The molecule has 0 saturated heterocycles. The molecule has 1 aromatic heterocycles. The van der Waals surface area contributed by atoms with Gasteiger partial charge in [-0.3, -0.25) is 4.79 Å². The van der Waals surface area contributed by atoms with Crippen molar-refractivity contribution in [2.24, 2.45) is 4.99 Å². The van der Waals surface area contributed by atoms with E-state index in [-0.39, 0.29) is 11.4 Å². The van der Waals surface area contributed by atoms with Crippen LogP contribution < -0.4 is 0 Å². The number of carbonyl (C=O) groups is 1. The van der Waals surface area contributed by atoms with E-state index in [0.717, 1.165) is 24.1 Å². The van der Waals surface area contributed by atoms with Crippen molar-refractivity contribution in [1.29, 1.82) is 0 Å². The van der Waals surface area contributed by atoms with Crippen molar-refractivity contribution in [3.8, 4) is 0 Å². The van der Waals surface area contributed by atoms with E-state index in [1.54, 1.807) is 22.5 Å². The number of rotatable bonds is 7. The fraction of sp³-hybridized carbons (Fsp3) is 0.417. The van der Waals surface area contributed by atoms with Crippen LogP contribution in [0.5, 0.6) is 0 Å². The first kappa shape index (κ1) is 22.1. The molecule has 0 fully saturated rings. The van der Waals surface area contributed by atoms with E-state index in [0.29, 0.717) is 5.70 Å². The van der Waals surface area contributed by atoms with Crippen LogP contribution in [-0.2, 0) is 17.6 Å². The summed E-state index contributed by atoms with van der Waals surface area (Å²) in [6, 6.07) is 10.6. The van der Waals surface area contributed by atoms with Gasteiger partial charge in [-0.25, -0.2) is 4.99 Å². The molecule has 1 heterocycles. The molecule has 0 atom stereocenters. The number of carbonyl (C=O) groups excluding carboxylic acids is 1. The van der Waals surface area contributed by atoms with E-state index in [2.05, 4.69) is 37.0 Å². The number of aliphatic imine (C=N–C) groups is 1. The molecule has 0 unspecified atom stereocenters. The van der Waals surface area contributed by atoms with Crippen molar-refractivity contribution in [3.05, 3.63) is 69.1 Å². The molecule has 28 heavy (non-hydrogen) atoms. The summed E-state index contributed by atoms with van der Waals surface area (Å²) < 4.78 is 0. The lowest BCUT2D eigenvalue weighted by molar-refractivity contribution is -0.129. The van der Waals surface area contributed by atoms with E-state index >= 15 is 0 Å². The number of hydrogen-bond acceptors (Lipinski definition) is 3. The maximum Gasteiger partial charge on any atom is 0.272 e. The second kappa shape index (κ2) is 9.83. The topological polar surface area (TPSA) is 32.7 Å². The molecule has 3 nitrogen and oxygen atoms in total. The van der Waals surface area contributed by atoms with Gasteiger partial charge in [-0.15, -0.1) is 11.3 Å². The normalized spacial score (nSPS) is 12.6. The highest BCUT2D eigenvalue weighted by atomic mass is 32.1. The van der Waals surface area contributed by atoms with Crippen molar-refractivity contribution in [2.45, 2.75) is 59.4 Å². The third-order valence-corrected chi connectivity index (χ3v) is 5.78. The smallest absolute Gasteiger partial charge is 0.272 e. The lowest BCUT2D eigenvalue weighted by Gasteiger charge is -2.32. The van der Waals surface area contributed by atoms with Gasteiger partial charge in [-0.1, -0.05) is 37.3 Å². The standard InChI is InChI=1S/C24H32N2OS/c1-7-20-16-19(14-13-18(20)2)10-8-12-22(23(27)26(6)24(3,4)5)25-17-21-11-9-15-28-21/h9,11-17H,7-8,10H2,1-6H3/b22-12+,25-17?. The lowest BCUT2D eigenvalue weighted by atomic mass is 10.00. The molecule has 1 aromatic carbocycles. The zero-order valence-electron chi connectivity index (χ0n) is 18.0. The van der Waals surface area contributed by atoms with Crippen molar-refractivity contribution in [1.82, 2.24) is 4.90 Å². The third-order valence-electron chi connectivity index (χ3n) is 4.97. The number of benzene rings is 1. The minimum atomic E-state index is -0.248. The predicted molar refractivity (Wildman–Crippen MR) is 121 cm³/mol. The number of hydrogen-bond donors (Lipinski definition) is 0. The summed E-state index contributed by atoms with van der Waals surface area (Å²) in [5.74, 6) is -0.0431. The average Bonchev–Trinajstić information content (AvgIpc) is 3.17. The van der Waals surface area contributed by atoms with Crippen molar-refractivity contribution < 1.29 is 4.79 Å². The van der Waals surface area contributed by atoms with Crippen LogP contribution in [0.2, 0.25) is 0 Å². The van der Waals surface area contributed by atoms with Crippen molar-refractivity contribution in [2.75, 3.05) is 7.05 Å². The van der Waals surface area contributed by atoms with Gasteiger partial charge in [0.1, 0.15) is 5.70 Å². The Morgan fingerprint density at radius 2 is 2.00 bits per heavy atom. The summed E-state index contributed by atoms with van der Waals surface area (Å²) >= 11 is 1.62. The van der Waals surface area contributed by atoms with Crippen LogP contribution in [0.25, 0.3) is 0 Å². The van der Waals surface area contributed by atoms with Gasteiger partial charge in [-0.05, 0) is 75.1 Å². The highest BCUT2D eigenvalue weighted by Crippen LogP contribution is 2.18. The Hall–Kier alpha value is -2.20. The van der Waals surface area contributed by atoms with Crippen LogP contribution in [0.1, 0.15) is 55.7 Å². The van der Waals surface area contributed by atoms with E-state index in [1.165, 1.54) is 16.7 Å². The zero-order valence-corrected chi connectivity index (χ0v) is 18.8. The summed E-state index contributed by atoms with van der Waals surface area (Å²) in [7, 11) is 1.84. The van der Waals surface area contributed by atoms with Crippen molar-refractivity contribution in [3.63, 3.8) is 0 Å². The van der Waals surface area contributed by atoms with Crippen LogP contribution in [0.3, 0.4) is 0 Å². The van der Waals surface area contributed by atoms with Gasteiger partial charge in [0.2, 0.25) is 0 Å². The maximum absolute atomic E-state index is 13.0. The average molecular weight is 397 g/mol. The molecule has 0 radical (unpaired) electrons. The van der Waals surface area contributed by atoms with Crippen LogP contribution in [0.4, 0.5) is 0 Å². The molecule has 4 heteroatoms. The number of likely N-dealkylation sites (N-methyl/N-ethyl adjacent to an activating group) is 1. The number of nitrogens with zero attached hydrogens (tertiary/aromatic N) is 2. The Kier molecular flexibility index (Phi) is 7.76. The molecule has 0 bridgehead atoms. The quantitative estimate of drug-likeness (QED) is 0.429. The summed E-state index contributed by atoms with van der Waals surface area (Å²) in [6.07, 6.45) is 6.48. The summed E-state index contributed by atoms with van der Waals surface area (Å²) in [6.45, 7) is 10.4. The second-order valence-corrected chi connectivity index (χ2v) is 9.03. The van der Waals surface area contributed by atoms with Gasteiger partial charge < -0.3 is 4.90 Å². The van der Waals surface area contributed by atoms with E-state index in [4.69, 9.17) is 0 Å². The Morgan fingerprint density at radius 1 is 1.25 bits per heavy atom. The number of amides is 1. The highest BCUT2D eigenvalue weighted by Gasteiger charge is 2.24. The molecular formula is C24H32N2OS. The van der Waals surface area contributed by atoms with Gasteiger partial charge >= 0.3 is 0 Å². The van der Waals surface area contributed by atoms with Crippen LogP contribution in [0.15, 0.2) is 52.5 Å². The van der Waals surface area contributed by atoms with Gasteiger partial charge in [0.05, 0.1) is 0 Å². The monoisotopic (exact) mass is 396 g/mol. The van der Waals surface area contributed by atoms with Gasteiger partial charge in [0, 0.05) is 23.7 Å². The first-order valence-electron chi connectivity index (χ1n) is 9.86. The Balaban J connectivity index is 2.19. The largest absolute Gasteiger partial charge is 0.336 e. The zero-order chi connectivity index (χ0) is 20.7. The van der Waals surface area contributed by atoms with Gasteiger partial charge in [-0.2, -0.15) is 0 Å². The highest BCUT2D eigenvalue weighted by molar-refractivity contribution is 7.11. The number of aryl methyl sites for hydroxylation is 3. The molecule has 0 spiro atoms. The molecule has 0 aliphatic rings. The van der Waals surface area contributed by atoms with E-state index in [9.17, 15) is 4.79 Å². The van der Waals surface area contributed by atoms with Gasteiger partial charge in [0.25, 0.3) is 5.91 Å². The van der Waals surface area contributed by atoms with Gasteiger partial charge in [0.15, 0.2) is 0 Å². The van der Waals surface area contributed by atoms with Crippen LogP contribution in [0, 0.1) is 6.92 Å². The first-order valence-corrected chi connectivity index (χ1v) is 10.7. The summed E-state index contributed by atoms with van der Waals surface area (Å²) in [5, 5.41) is 2.01. The molecule has 0 aliphatic heterocycles. The van der Waals surface area contributed by atoms with E-state index in [1.807, 2.05) is 51.4 Å². The Labute approximate surface area is 173 Å². The fourth-order valence-corrected chi connectivity index (χ4v) is 3.39. The predicted octanol–water partition coefficient (Wildman–Crippen LogP) is 5.81. The number of allylic oxidation sites excluding steroid dienone is 1. The molecule has 0 saturated carbocycles. The fourth-order valence-electron chi connectivity index (χ4n) is 2.81. The Morgan fingerprint density at radius 3 is 2.61 bits per heavy atom. The molecule has 0 aliphatic carbocycles. The SMILES string of the molecule is CCc1cc(CC/C=C(/N=Cc2cccs2)C(=O)N(C)C(C)(C)C)ccc1C. The molecule has 150 valence electrons. The lowest BCUT2D eigenvalue weighted by Crippen LogP contribution is -2.43. The van der Waals surface area contributed by atoms with Crippen LogP contribution in [-0.4, -0.2) is 29.6 Å². The molecule has 0 N–H and O–H groups in total. The molecule has 1 amide bonds. The first-order chi connectivity index (χ1) is 13.2. The Bertz CT molecular complexity index is 842.